The number of nitrogens with one attached hydrogen (secondary N) is 2. The summed E-state index contributed by atoms with van der Waals surface area (Å²) in [6.07, 6.45) is 2.01. The number of hydrogen-bond acceptors (Lipinski definition) is 4. The Hall–Kier alpha value is -1.67. The minimum atomic E-state index is -3.61. The lowest BCUT2D eigenvalue weighted by Gasteiger charge is -2.26. The van der Waals surface area contributed by atoms with Crippen molar-refractivity contribution in [3.63, 3.8) is 0 Å². The van der Waals surface area contributed by atoms with Crippen LogP contribution >= 0.6 is 12.4 Å². The fourth-order valence-corrected chi connectivity index (χ4v) is 3.79. The molecule has 0 radical (unpaired) electrons. The number of fused-ring (bicyclic) bond motifs is 1. The van der Waals surface area contributed by atoms with Gasteiger partial charge in [0, 0.05) is 19.6 Å². The average Bonchev–Trinajstić information content (AvgIpc) is 2.61. The van der Waals surface area contributed by atoms with Crippen LogP contribution in [0.5, 0.6) is 5.75 Å². The number of ether oxygens (including phenoxy) is 1. The van der Waals surface area contributed by atoms with Crippen molar-refractivity contribution in [2.45, 2.75) is 23.8 Å². The Morgan fingerprint density at radius 3 is 2.58 bits per heavy atom. The van der Waals surface area contributed by atoms with Gasteiger partial charge in [-0.15, -0.1) is 12.4 Å². The zero-order valence-corrected chi connectivity index (χ0v) is 15.8. The molecule has 1 heterocycles. The highest BCUT2D eigenvalue weighted by atomic mass is 35.5. The van der Waals surface area contributed by atoms with E-state index in [1.54, 1.807) is 0 Å². The Balaban J connectivity index is 0.00000243. The molecule has 0 bridgehead atoms. The molecule has 8 heteroatoms. The van der Waals surface area contributed by atoms with Gasteiger partial charge in [-0.25, -0.2) is 17.5 Å². The zero-order valence-electron chi connectivity index (χ0n) is 14.2. The molecule has 0 fully saturated rings. The molecule has 1 atom stereocenters. The van der Waals surface area contributed by atoms with E-state index in [-0.39, 0.29) is 30.0 Å². The van der Waals surface area contributed by atoms with E-state index in [2.05, 4.69) is 16.1 Å². The minimum absolute atomic E-state index is 0. The molecule has 0 saturated heterocycles. The quantitative estimate of drug-likeness (QED) is 0.701. The van der Waals surface area contributed by atoms with E-state index in [0.29, 0.717) is 13.1 Å². The lowest BCUT2D eigenvalue weighted by Crippen LogP contribution is -2.38. The Morgan fingerprint density at radius 1 is 1.08 bits per heavy atom. The highest BCUT2D eigenvalue weighted by Gasteiger charge is 2.19. The molecule has 142 valence electrons. The maximum atomic E-state index is 12.9. The third kappa shape index (κ3) is 5.41. The van der Waals surface area contributed by atoms with Crippen LogP contribution in [-0.4, -0.2) is 34.2 Å². The first kappa shape index (κ1) is 20.6. The van der Waals surface area contributed by atoms with E-state index in [1.165, 1.54) is 17.7 Å². The second-order valence-corrected chi connectivity index (χ2v) is 7.71. The average molecular weight is 401 g/mol. The van der Waals surface area contributed by atoms with Gasteiger partial charge >= 0.3 is 0 Å². The number of sulfonamides is 1. The lowest BCUT2D eigenvalue weighted by molar-refractivity contribution is 0.171. The van der Waals surface area contributed by atoms with Gasteiger partial charge in [0.1, 0.15) is 17.7 Å². The van der Waals surface area contributed by atoms with E-state index in [4.69, 9.17) is 4.74 Å². The number of halogens is 2. The first-order valence-corrected chi connectivity index (χ1v) is 9.73. The van der Waals surface area contributed by atoms with Crippen LogP contribution in [0.2, 0.25) is 0 Å². The maximum Gasteiger partial charge on any atom is 0.240 e. The van der Waals surface area contributed by atoms with Gasteiger partial charge in [-0.2, -0.15) is 0 Å². The predicted octanol–water partition coefficient (Wildman–Crippen LogP) is 2.51. The van der Waals surface area contributed by atoms with Gasteiger partial charge in [-0.05, 0) is 48.7 Å². The van der Waals surface area contributed by atoms with Crippen LogP contribution in [0.15, 0.2) is 53.4 Å². The molecule has 1 unspecified atom stereocenters. The normalized spacial score (nSPS) is 16.3. The second-order valence-electron chi connectivity index (χ2n) is 5.94. The fourth-order valence-electron chi connectivity index (χ4n) is 2.76. The number of para-hydroxylation sites is 1. The third-order valence-corrected chi connectivity index (χ3v) is 5.57. The van der Waals surface area contributed by atoms with Crippen LogP contribution in [0.3, 0.4) is 0 Å². The maximum absolute atomic E-state index is 12.9. The molecule has 2 N–H and O–H groups in total. The molecule has 2 aromatic rings. The molecule has 3 rings (SSSR count). The highest BCUT2D eigenvalue weighted by molar-refractivity contribution is 7.89. The molecule has 2 aromatic carbocycles. The van der Waals surface area contributed by atoms with Crippen LogP contribution in [0.1, 0.15) is 12.0 Å². The van der Waals surface area contributed by atoms with Gasteiger partial charge in [-0.1, -0.05) is 18.2 Å². The summed E-state index contributed by atoms with van der Waals surface area (Å²) in [6, 6.07) is 12.8. The van der Waals surface area contributed by atoms with Gasteiger partial charge in [0.15, 0.2) is 0 Å². The first-order valence-electron chi connectivity index (χ1n) is 8.25. The van der Waals surface area contributed by atoms with Crippen LogP contribution in [0, 0.1) is 5.82 Å². The Bertz CT molecular complexity index is 815. The Morgan fingerprint density at radius 2 is 1.81 bits per heavy atom. The van der Waals surface area contributed by atoms with E-state index >= 15 is 0 Å². The van der Waals surface area contributed by atoms with Crippen LogP contribution in [0.25, 0.3) is 0 Å². The van der Waals surface area contributed by atoms with Crippen molar-refractivity contribution in [2.75, 3.05) is 19.6 Å². The summed E-state index contributed by atoms with van der Waals surface area (Å²) in [5.74, 6) is 0.465. The molecule has 26 heavy (non-hydrogen) atoms. The molecular weight excluding hydrogens is 379 g/mol. The Labute approximate surface area is 159 Å². The predicted molar refractivity (Wildman–Crippen MR) is 101 cm³/mol. The highest BCUT2D eigenvalue weighted by Crippen LogP contribution is 2.26. The lowest BCUT2D eigenvalue weighted by atomic mass is 10.0. The Kier molecular flexibility index (Phi) is 7.40. The summed E-state index contributed by atoms with van der Waals surface area (Å²) in [5.41, 5.74) is 1.23. The molecule has 0 saturated carbocycles. The monoisotopic (exact) mass is 400 g/mol. The number of benzene rings is 2. The van der Waals surface area contributed by atoms with Gasteiger partial charge in [0.05, 0.1) is 4.90 Å². The summed E-state index contributed by atoms with van der Waals surface area (Å²) >= 11 is 0. The summed E-state index contributed by atoms with van der Waals surface area (Å²) in [7, 11) is -3.61. The summed E-state index contributed by atoms with van der Waals surface area (Å²) < 4.78 is 45.4. The number of hydrogen-bond donors (Lipinski definition) is 2. The van der Waals surface area contributed by atoms with Crippen molar-refractivity contribution in [3.05, 3.63) is 59.9 Å². The summed E-state index contributed by atoms with van der Waals surface area (Å²) in [5, 5.41) is 3.21. The van der Waals surface area contributed by atoms with Gasteiger partial charge in [0.2, 0.25) is 10.0 Å². The van der Waals surface area contributed by atoms with Crippen molar-refractivity contribution in [2.24, 2.45) is 0 Å². The number of aryl methyl sites for hydroxylation is 1. The summed E-state index contributed by atoms with van der Waals surface area (Å²) in [4.78, 5) is 0.0566. The van der Waals surface area contributed by atoms with Gasteiger partial charge in [-0.3, -0.25) is 0 Å². The van der Waals surface area contributed by atoms with Crippen LogP contribution in [0.4, 0.5) is 4.39 Å². The minimum Gasteiger partial charge on any atom is -0.489 e. The SMILES string of the molecule is Cl.O=S(=O)(NCCNCC1CCc2ccccc2O1)c1ccc(F)cc1. The number of rotatable bonds is 7. The smallest absolute Gasteiger partial charge is 0.240 e. The largest absolute Gasteiger partial charge is 0.489 e. The topological polar surface area (TPSA) is 67.4 Å². The van der Waals surface area contributed by atoms with E-state index in [1.807, 2.05) is 18.2 Å². The zero-order chi connectivity index (χ0) is 17.7. The van der Waals surface area contributed by atoms with Crippen LogP contribution < -0.4 is 14.8 Å². The van der Waals surface area contributed by atoms with Crippen molar-refractivity contribution < 1.29 is 17.5 Å². The van der Waals surface area contributed by atoms with E-state index in [9.17, 15) is 12.8 Å². The molecule has 0 aliphatic carbocycles. The molecule has 0 aromatic heterocycles. The fraction of sp³-hybridized carbons (Fsp3) is 0.333. The van der Waals surface area contributed by atoms with Crippen molar-refractivity contribution in [1.82, 2.24) is 10.0 Å². The molecular formula is C18H22ClFN2O3S. The molecule has 0 amide bonds. The van der Waals surface area contributed by atoms with E-state index < -0.39 is 15.8 Å². The third-order valence-electron chi connectivity index (χ3n) is 4.09. The van der Waals surface area contributed by atoms with Gasteiger partial charge in [0.25, 0.3) is 0 Å². The molecule has 1 aliphatic heterocycles. The van der Waals surface area contributed by atoms with Crippen molar-refractivity contribution in [1.29, 1.82) is 0 Å². The molecule has 0 spiro atoms. The first-order chi connectivity index (χ1) is 12.0. The van der Waals surface area contributed by atoms with Crippen LogP contribution in [-0.2, 0) is 16.4 Å². The van der Waals surface area contributed by atoms with E-state index in [0.717, 1.165) is 30.7 Å². The van der Waals surface area contributed by atoms with Crippen molar-refractivity contribution >= 4 is 22.4 Å². The molecule has 5 nitrogen and oxygen atoms in total. The van der Waals surface area contributed by atoms with Gasteiger partial charge < -0.3 is 10.1 Å². The second kappa shape index (κ2) is 9.32. The standard InChI is InChI=1S/C18H21FN2O3S.ClH/c19-15-6-9-17(10-7-15)25(22,23)21-12-11-20-13-16-8-5-14-3-1-2-4-18(14)24-16;/h1-4,6-7,9-10,16,20-21H,5,8,11-13H2;1H. The molecule has 1 aliphatic rings. The summed E-state index contributed by atoms with van der Waals surface area (Å²) in [6.45, 7) is 1.40. The van der Waals surface area contributed by atoms with Crippen molar-refractivity contribution in [3.8, 4) is 5.75 Å².